The number of hydrogen-bond acceptors (Lipinski definition) is 4. The molecule has 0 aliphatic carbocycles. The van der Waals surface area contributed by atoms with Crippen molar-refractivity contribution in [3.63, 3.8) is 0 Å². The molecule has 138 valence electrons. The third-order valence-electron chi connectivity index (χ3n) is 4.55. The van der Waals surface area contributed by atoms with Gasteiger partial charge in [0.2, 0.25) is 5.95 Å². The van der Waals surface area contributed by atoms with Crippen LogP contribution in [0.5, 0.6) is 0 Å². The average Bonchev–Trinajstić information content (AvgIpc) is 2.73. The molecule has 0 saturated carbocycles. The summed E-state index contributed by atoms with van der Waals surface area (Å²) in [6.45, 7) is 3.91. The minimum absolute atomic E-state index is 0.133. The molecule has 4 rings (SSSR count). The lowest BCUT2D eigenvalue weighted by Gasteiger charge is -2.14. The second kappa shape index (κ2) is 7.48. The number of nitrogens with one attached hydrogen (secondary N) is 1. The van der Waals surface area contributed by atoms with Crippen molar-refractivity contribution in [3.8, 4) is 5.69 Å². The van der Waals surface area contributed by atoms with E-state index in [-0.39, 0.29) is 5.56 Å². The van der Waals surface area contributed by atoms with E-state index in [1.807, 2.05) is 86.6 Å². The second-order valence-electron chi connectivity index (χ2n) is 6.61. The number of para-hydroxylation sites is 1. The molecule has 0 atom stereocenters. The quantitative estimate of drug-likeness (QED) is 0.425. The molecule has 0 spiro atoms. The van der Waals surface area contributed by atoms with Gasteiger partial charge in [0.25, 0.3) is 5.56 Å². The van der Waals surface area contributed by atoms with Gasteiger partial charge in [-0.25, -0.2) is 15.0 Å². The van der Waals surface area contributed by atoms with Crippen molar-refractivity contribution >= 4 is 22.6 Å². The summed E-state index contributed by atoms with van der Waals surface area (Å²) >= 11 is 0. The van der Waals surface area contributed by atoms with Crippen LogP contribution in [0.25, 0.3) is 16.6 Å². The molecule has 28 heavy (non-hydrogen) atoms. The maximum atomic E-state index is 13.2. The van der Waals surface area contributed by atoms with E-state index in [0.29, 0.717) is 16.9 Å². The van der Waals surface area contributed by atoms with Gasteiger partial charge in [-0.15, -0.1) is 0 Å². The van der Waals surface area contributed by atoms with Crippen molar-refractivity contribution in [3.05, 3.63) is 100 Å². The molecular weight excluding hydrogens is 348 g/mol. The molecular formula is C23H20N4O. The number of fused-ring (bicyclic) bond motifs is 1. The van der Waals surface area contributed by atoms with Crippen LogP contribution >= 0.6 is 0 Å². The fourth-order valence-electron chi connectivity index (χ4n) is 3.09. The molecule has 5 heteroatoms. The van der Waals surface area contributed by atoms with Crippen LogP contribution in [0.4, 0.5) is 5.95 Å². The second-order valence-corrected chi connectivity index (χ2v) is 6.61. The summed E-state index contributed by atoms with van der Waals surface area (Å²) in [5, 5.41) is 5.03. The van der Waals surface area contributed by atoms with E-state index in [9.17, 15) is 4.79 Å². The average molecular weight is 368 g/mol. The highest BCUT2D eigenvalue weighted by molar-refractivity contribution is 5.99. The lowest BCUT2D eigenvalue weighted by atomic mass is 10.1. The summed E-state index contributed by atoms with van der Waals surface area (Å²) < 4.78 is 1.57. The van der Waals surface area contributed by atoms with E-state index in [1.54, 1.807) is 10.6 Å². The highest BCUT2D eigenvalue weighted by Crippen LogP contribution is 2.17. The first-order chi connectivity index (χ1) is 13.6. The Hall–Kier alpha value is -3.73. The van der Waals surface area contributed by atoms with E-state index in [4.69, 9.17) is 0 Å². The number of benzene rings is 3. The molecule has 0 aliphatic heterocycles. The van der Waals surface area contributed by atoms with Gasteiger partial charge < -0.3 is 0 Å². The van der Waals surface area contributed by atoms with E-state index in [0.717, 1.165) is 22.5 Å². The van der Waals surface area contributed by atoms with E-state index in [2.05, 4.69) is 15.5 Å². The number of aromatic nitrogens is 2. The van der Waals surface area contributed by atoms with Crippen LogP contribution < -0.4 is 11.0 Å². The van der Waals surface area contributed by atoms with Crippen molar-refractivity contribution in [2.75, 3.05) is 5.43 Å². The SMILES string of the molecule is C/C(=N\Nc1nc2ccccc2c(=O)n1-c1cccc(C)c1)c1ccccc1. The van der Waals surface area contributed by atoms with Gasteiger partial charge in [-0.1, -0.05) is 54.6 Å². The number of hydrogen-bond donors (Lipinski definition) is 1. The van der Waals surface area contributed by atoms with Crippen molar-refractivity contribution in [2.24, 2.45) is 5.10 Å². The molecule has 0 saturated heterocycles. The van der Waals surface area contributed by atoms with Gasteiger partial charge in [-0.05, 0) is 49.2 Å². The monoisotopic (exact) mass is 368 g/mol. The van der Waals surface area contributed by atoms with Crippen LogP contribution in [0.1, 0.15) is 18.1 Å². The van der Waals surface area contributed by atoms with Crippen LogP contribution in [0.15, 0.2) is 88.8 Å². The van der Waals surface area contributed by atoms with Gasteiger partial charge in [0.1, 0.15) is 0 Å². The van der Waals surface area contributed by atoms with E-state index >= 15 is 0 Å². The zero-order valence-corrected chi connectivity index (χ0v) is 15.8. The van der Waals surface area contributed by atoms with Gasteiger partial charge >= 0.3 is 0 Å². The third kappa shape index (κ3) is 3.42. The molecule has 0 fully saturated rings. The van der Waals surface area contributed by atoms with Crippen LogP contribution in [-0.2, 0) is 0 Å². The van der Waals surface area contributed by atoms with Crippen molar-refractivity contribution in [1.82, 2.24) is 9.55 Å². The molecule has 3 aromatic carbocycles. The maximum absolute atomic E-state index is 13.2. The highest BCUT2D eigenvalue weighted by atomic mass is 16.1. The topological polar surface area (TPSA) is 59.3 Å². The summed E-state index contributed by atoms with van der Waals surface area (Å²) in [7, 11) is 0. The summed E-state index contributed by atoms with van der Waals surface area (Å²) in [4.78, 5) is 17.9. The Morgan fingerprint density at radius 2 is 1.71 bits per heavy atom. The van der Waals surface area contributed by atoms with Crippen molar-refractivity contribution < 1.29 is 0 Å². The van der Waals surface area contributed by atoms with Gasteiger partial charge in [0, 0.05) is 0 Å². The standard InChI is InChI=1S/C23H20N4O/c1-16-9-8-12-19(15-16)27-22(28)20-13-6-7-14-21(20)24-23(27)26-25-17(2)18-10-4-3-5-11-18/h3-15H,1-2H3,(H,24,26)/b25-17+. The Kier molecular flexibility index (Phi) is 4.72. The first-order valence-corrected chi connectivity index (χ1v) is 9.08. The number of aryl methyl sites for hydroxylation is 1. The van der Waals surface area contributed by atoms with Gasteiger partial charge in [0.15, 0.2) is 0 Å². The molecule has 4 aromatic rings. The van der Waals surface area contributed by atoms with Crippen LogP contribution in [0, 0.1) is 6.92 Å². The Morgan fingerprint density at radius 1 is 0.964 bits per heavy atom. The molecule has 0 amide bonds. The normalized spacial score (nSPS) is 11.6. The molecule has 0 aliphatic rings. The lowest BCUT2D eigenvalue weighted by Crippen LogP contribution is -2.23. The third-order valence-corrected chi connectivity index (χ3v) is 4.55. The molecule has 0 unspecified atom stereocenters. The smallest absolute Gasteiger partial charge is 0.267 e. The summed E-state index contributed by atoms with van der Waals surface area (Å²) in [5.74, 6) is 0.379. The number of nitrogens with zero attached hydrogens (tertiary/aromatic N) is 3. The van der Waals surface area contributed by atoms with Gasteiger partial charge in [-0.2, -0.15) is 5.10 Å². The van der Waals surface area contributed by atoms with E-state index in [1.165, 1.54) is 0 Å². The predicted molar refractivity (Wildman–Crippen MR) is 114 cm³/mol. The van der Waals surface area contributed by atoms with Crippen molar-refractivity contribution in [1.29, 1.82) is 0 Å². The van der Waals surface area contributed by atoms with Crippen LogP contribution in [0.2, 0.25) is 0 Å². The highest BCUT2D eigenvalue weighted by Gasteiger charge is 2.12. The Balaban J connectivity index is 1.87. The molecule has 5 nitrogen and oxygen atoms in total. The Morgan fingerprint density at radius 3 is 2.50 bits per heavy atom. The first kappa shape index (κ1) is 17.7. The molecule has 1 N–H and O–H groups in total. The number of hydrazone groups is 1. The number of rotatable bonds is 4. The minimum Gasteiger partial charge on any atom is -0.268 e. The zero-order valence-electron chi connectivity index (χ0n) is 15.8. The van der Waals surface area contributed by atoms with Gasteiger partial charge in [-0.3, -0.25) is 4.79 Å². The first-order valence-electron chi connectivity index (χ1n) is 9.08. The molecule has 1 heterocycles. The fourth-order valence-corrected chi connectivity index (χ4v) is 3.09. The largest absolute Gasteiger partial charge is 0.268 e. The number of anilines is 1. The van der Waals surface area contributed by atoms with Gasteiger partial charge in [0.05, 0.1) is 22.3 Å². The Bertz CT molecular complexity index is 1230. The molecule has 0 radical (unpaired) electrons. The summed E-state index contributed by atoms with van der Waals surface area (Å²) in [6, 6.07) is 25.0. The molecule has 0 bridgehead atoms. The fraction of sp³-hybridized carbons (Fsp3) is 0.0870. The summed E-state index contributed by atoms with van der Waals surface area (Å²) in [6.07, 6.45) is 0. The minimum atomic E-state index is -0.133. The van der Waals surface area contributed by atoms with Crippen LogP contribution in [-0.4, -0.2) is 15.3 Å². The Labute approximate surface area is 163 Å². The zero-order chi connectivity index (χ0) is 19.5. The maximum Gasteiger partial charge on any atom is 0.267 e. The van der Waals surface area contributed by atoms with Crippen molar-refractivity contribution in [2.45, 2.75) is 13.8 Å². The van der Waals surface area contributed by atoms with Crippen LogP contribution in [0.3, 0.4) is 0 Å². The summed E-state index contributed by atoms with van der Waals surface area (Å²) in [5.41, 5.74) is 7.12. The molecule has 1 aromatic heterocycles. The predicted octanol–water partition coefficient (Wildman–Crippen LogP) is 4.53. The van der Waals surface area contributed by atoms with E-state index < -0.39 is 0 Å². The lowest BCUT2D eigenvalue weighted by molar-refractivity contribution is 0.953.